The lowest BCUT2D eigenvalue weighted by atomic mass is 9.80. The number of imidazole rings is 1. The van der Waals surface area contributed by atoms with E-state index in [1.165, 1.54) is 6.33 Å². The van der Waals surface area contributed by atoms with Gasteiger partial charge in [0.05, 0.1) is 59.5 Å². The van der Waals surface area contributed by atoms with Gasteiger partial charge in [-0.1, -0.05) is 66.7 Å². The summed E-state index contributed by atoms with van der Waals surface area (Å²) in [6.45, 7) is 8.83. The van der Waals surface area contributed by atoms with Crippen LogP contribution in [0, 0.1) is 11.3 Å². The highest BCUT2D eigenvalue weighted by Crippen LogP contribution is 2.51. The number of hydrogen-bond donors (Lipinski definition) is 1. The van der Waals surface area contributed by atoms with Gasteiger partial charge in [-0.3, -0.25) is 4.57 Å². The van der Waals surface area contributed by atoms with Gasteiger partial charge in [0.2, 0.25) is 0 Å². The number of rotatable bonds is 20. The first-order valence-corrected chi connectivity index (χ1v) is 23.2. The Kier molecular flexibility index (Phi) is 14.7. The van der Waals surface area contributed by atoms with Crippen LogP contribution in [0.1, 0.15) is 63.5 Å². The van der Waals surface area contributed by atoms with E-state index in [9.17, 15) is 5.26 Å². The van der Waals surface area contributed by atoms with Crippen molar-refractivity contribution in [3.05, 3.63) is 145 Å². The predicted molar refractivity (Wildman–Crippen MR) is 256 cm³/mol. The van der Waals surface area contributed by atoms with E-state index in [2.05, 4.69) is 66.9 Å². The third-order valence-electron chi connectivity index (χ3n) is 11.7. The molecule has 3 heterocycles. The zero-order chi connectivity index (χ0) is 46.2. The molecule has 15 heteroatoms. The first kappa shape index (κ1) is 46.4. The van der Waals surface area contributed by atoms with Crippen LogP contribution in [-0.4, -0.2) is 83.0 Å². The van der Waals surface area contributed by atoms with Gasteiger partial charge >= 0.3 is 0 Å². The second-order valence-electron chi connectivity index (χ2n) is 16.5. The number of benzene rings is 5. The van der Waals surface area contributed by atoms with Gasteiger partial charge in [0.25, 0.3) is 8.53 Å². The van der Waals surface area contributed by atoms with E-state index in [0.717, 1.165) is 50.4 Å². The van der Waals surface area contributed by atoms with E-state index in [1.54, 1.807) is 27.7 Å². The first-order chi connectivity index (χ1) is 32.1. The lowest BCUT2D eigenvalue weighted by Crippen LogP contribution is -2.39. The number of ether oxygens (including phenoxy) is 5. The van der Waals surface area contributed by atoms with Crippen LogP contribution in [-0.2, 0) is 24.1 Å². The molecule has 342 valence electrons. The normalized spacial score (nSPS) is 16.8. The summed E-state index contributed by atoms with van der Waals surface area (Å²) in [6, 6.07) is 40.6. The van der Waals surface area contributed by atoms with Crippen LogP contribution < -0.4 is 19.5 Å². The van der Waals surface area contributed by atoms with E-state index in [4.69, 9.17) is 42.7 Å². The molecule has 0 amide bonds. The van der Waals surface area contributed by atoms with Crippen molar-refractivity contribution in [2.24, 2.45) is 0 Å². The van der Waals surface area contributed by atoms with Crippen molar-refractivity contribution in [1.82, 2.24) is 24.2 Å². The standard InChI is InChI=1S/C51H56N7O7P/c1-34(2)58(35(3)4)66(63-27-11-26-52)65-45-30-47(57-33-55-48-49(53-32-54-50(48)57)56-41-20-14-37-29-44(61-7)21-15-36(37)28-41)64-46(45)31-62-51(38-12-9-8-10-13-38,39-16-22-42(59-5)23-17-39)40-18-24-43(60-6)25-19-40/h8-10,12-25,28-29,32-35,45-47H,11,27,30-31H2,1-7H3,(H,53,54,56)/t45-,46+,47+,66?/m0/s1. The molecule has 4 atom stereocenters. The van der Waals surface area contributed by atoms with Gasteiger partial charge in [-0.05, 0) is 104 Å². The molecule has 1 unspecified atom stereocenters. The molecule has 1 saturated heterocycles. The second kappa shape index (κ2) is 21.0. The molecular weight excluding hydrogens is 854 g/mol. The van der Waals surface area contributed by atoms with Crippen LogP contribution in [0.2, 0.25) is 0 Å². The fourth-order valence-corrected chi connectivity index (χ4v) is 10.3. The van der Waals surface area contributed by atoms with Gasteiger partial charge in [-0.2, -0.15) is 5.26 Å². The number of nitriles is 1. The van der Waals surface area contributed by atoms with E-state index < -0.39 is 32.6 Å². The summed E-state index contributed by atoms with van der Waals surface area (Å²) in [6.07, 6.45) is 2.26. The van der Waals surface area contributed by atoms with Crippen molar-refractivity contribution in [2.75, 3.05) is 39.9 Å². The fraction of sp³-hybridized carbons (Fsp3) is 0.333. The molecule has 0 saturated carbocycles. The molecule has 0 bridgehead atoms. The quantitative estimate of drug-likeness (QED) is 0.0440. The molecule has 5 aromatic carbocycles. The number of nitrogens with one attached hydrogen (secondary N) is 1. The Labute approximate surface area is 387 Å². The van der Waals surface area contributed by atoms with Crippen LogP contribution >= 0.6 is 8.53 Å². The third kappa shape index (κ3) is 9.83. The van der Waals surface area contributed by atoms with Crippen LogP contribution in [0.25, 0.3) is 21.9 Å². The topological polar surface area (TPSA) is 147 Å². The fourth-order valence-electron chi connectivity index (χ4n) is 8.54. The molecular formula is C51H56N7O7P. The summed E-state index contributed by atoms with van der Waals surface area (Å²) in [5.74, 6) is 2.81. The zero-order valence-electron chi connectivity index (χ0n) is 38.3. The summed E-state index contributed by atoms with van der Waals surface area (Å²) in [5, 5.41) is 15.1. The Morgan fingerprint density at radius 2 is 1.41 bits per heavy atom. The summed E-state index contributed by atoms with van der Waals surface area (Å²) in [5.41, 5.74) is 3.63. The lowest BCUT2D eigenvalue weighted by Gasteiger charge is -2.39. The zero-order valence-corrected chi connectivity index (χ0v) is 39.2. The highest BCUT2D eigenvalue weighted by atomic mass is 31.2. The molecule has 66 heavy (non-hydrogen) atoms. The predicted octanol–water partition coefficient (Wildman–Crippen LogP) is 10.7. The van der Waals surface area contributed by atoms with Gasteiger partial charge < -0.3 is 38.0 Å². The molecule has 2 aromatic heterocycles. The Morgan fingerprint density at radius 1 is 0.788 bits per heavy atom. The highest BCUT2D eigenvalue weighted by Gasteiger charge is 2.45. The molecule has 8 rings (SSSR count). The summed E-state index contributed by atoms with van der Waals surface area (Å²) in [7, 11) is 3.33. The summed E-state index contributed by atoms with van der Waals surface area (Å²) >= 11 is 0. The molecule has 7 aromatic rings. The second-order valence-corrected chi connectivity index (χ2v) is 17.9. The monoisotopic (exact) mass is 909 g/mol. The molecule has 1 aliphatic rings. The summed E-state index contributed by atoms with van der Waals surface area (Å²) in [4.78, 5) is 14.2. The number of fused-ring (bicyclic) bond motifs is 2. The SMILES string of the molecule is COc1ccc(C(OC[C@H]2O[C@@H](n3cnc4c(Nc5ccc6cc(OC)ccc6c5)ncnc43)C[C@@H]2OP(OCCC#N)N(C(C)C)C(C)C)(c2ccccc2)c2ccc(OC)cc2)cc1. The van der Waals surface area contributed by atoms with Crippen LogP contribution in [0.5, 0.6) is 17.2 Å². The van der Waals surface area contributed by atoms with E-state index in [1.807, 2.05) is 102 Å². The average Bonchev–Trinajstić information content (AvgIpc) is 3.96. The van der Waals surface area contributed by atoms with Gasteiger partial charge in [0, 0.05) is 24.2 Å². The molecule has 0 radical (unpaired) electrons. The molecule has 0 aliphatic carbocycles. The van der Waals surface area contributed by atoms with E-state index in [-0.39, 0.29) is 31.7 Å². The maximum Gasteiger partial charge on any atom is 0.259 e. The van der Waals surface area contributed by atoms with Gasteiger partial charge in [-0.15, -0.1) is 0 Å². The summed E-state index contributed by atoms with van der Waals surface area (Å²) < 4.78 is 48.8. The number of anilines is 2. The largest absolute Gasteiger partial charge is 0.497 e. The van der Waals surface area contributed by atoms with Crippen molar-refractivity contribution in [3.63, 3.8) is 0 Å². The van der Waals surface area contributed by atoms with Crippen molar-refractivity contribution in [2.45, 2.75) is 76.7 Å². The number of hydrogen-bond acceptors (Lipinski definition) is 13. The number of nitrogens with zero attached hydrogens (tertiary/aromatic N) is 6. The smallest absolute Gasteiger partial charge is 0.259 e. The van der Waals surface area contributed by atoms with E-state index in [0.29, 0.717) is 23.4 Å². The van der Waals surface area contributed by atoms with Crippen LogP contribution in [0.15, 0.2) is 128 Å². The van der Waals surface area contributed by atoms with Crippen molar-refractivity contribution in [3.8, 4) is 23.3 Å². The molecule has 1 N–H and O–H groups in total. The molecule has 1 fully saturated rings. The van der Waals surface area contributed by atoms with E-state index >= 15 is 0 Å². The van der Waals surface area contributed by atoms with Crippen LogP contribution in [0.3, 0.4) is 0 Å². The average molecular weight is 910 g/mol. The first-order valence-electron chi connectivity index (χ1n) is 22.1. The maximum atomic E-state index is 9.48. The van der Waals surface area contributed by atoms with Gasteiger partial charge in [-0.25, -0.2) is 19.6 Å². The van der Waals surface area contributed by atoms with Crippen molar-refractivity contribution in [1.29, 1.82) is 5.26 Å². The molecule has 1 aliphatic heterocycles. The minimum atomic E-state index is -1.64. The van der Waals surface area contributed by atoms with Gasteiger partial charge in [0.15, 0.2) is 17.0 Å². The Bertz CT molecular complexity index is 2680. The van der Waals surface area contributed by atoms with Crippen molar-refractivity contribution >= 4 is 42.0 Å². The highest BCUT2D eigenvalue weighted by molar-refractivity contribution is 7.44. The van der Waals surface area contributed by atoms with Gasteiger partial charge in [0.1, 0.15) is 41.5 Å². The maximum absolute atomic E-state index is 9.48. The Morgan fingerprint density at radius 3 is 2.05 bits per heavy atom. The number of methoxy groups -OCH3 is 3. The lowest BCUT2D eigenvalue weighted by molar-refractivity contribution is -0.0912. The Hall–Kier alpha value is -6.17. The minimum absolute atomic E-state index is 0.0903. The Balaban J connectivity index is 1.17. The number of aromatic nitrogens is 4. The van der Waals surface area contributed by atoms with Crippen molar-refractivity contribution < 1.29 is 32.7 Å². The molecule has 0 spiro atoms. The third-order valence-corrected chi connectivity index (χ3v) is 13.8. The minimum Gasteiger partial charge on any atom is -0.497 e. The molecule has 14 nitrogen and oxygen atoms in total. The van der Waals surface area contributed by atoms with Crippen LogP contribution in [0.4, 0.5) is 11.5 Å².